The van der Waals surface area contributed by atoms with Crippen LogP contribution in [0.25, 0.3) is 5.69 Å². The van der Waals surface area contributed by atoms with Gasteiger partial charge in [-0.05, 0) is 75.2 Å². The number of ether oxygens (including phenoxy) is 3. The van der Waals surface area contributed by atoms with E-state index in [1.165, 1.54) is 6.21 Å². The molecule has 0 radical (unpaired) electrons. The molecule has 3 rings (SSSR count). The highest BCUT2D eigenvalue weighted by Crippen LogP contribution is 2.27. The third-order valence-corrected chi connectivity index (χ3v) is 5.60. The lowest BCUT2D eigenvalue weighted by Gasteiger charge is -2.11. The molecule has 2 amide bonds. The van der Waals surface area contributed by atoms with E-state index in [0.717, 1.165) is 34.0 Å². The highest BCUT2D eigenvalue weighted by atomic mass is 16.5. The lowest BCUT2D eigenvalue weighted by molar-refractivity contribution is -0.139. The first-order valence-electron chi connectivity index (χ1n) is 11.6. The topological polar surface area (TPSA) is 103 Å². The van der Waals surface area contributed by atoms with Gasteiger partial charge < -0.3 is 24.1 Å². The number of rotatable bonds is 10. The molecule has 3 aromatic rings. The van der Waals surface area contributed by atoms with Crippen LogP contribution >= 0.6 is 0 Å². The van der Waals surface area contributed by atoms with Gasteiger partial charge in [0.1, 0.15) is 5.75 Å². The van der Waals surface area contributed by atoms with E-state index in [1.807, 2.05) is 63.2 Å². The van der Waals surface area contributed by atoms with Gasteiger partial charge in [0, 0.05) is 29.2 Å². The molecule has 36 heavy (non-hydrogen) atoms. The second-order valence-corrected chi connectivity index (χ2v) is 7.98. The summed E-state index contributed by atoms with van der Waals surface area (Å²) in [5, 5.41) is 6.56. The number of amides is 2. The van der Waals surface area contributed by atoms with Gasteiger partial charge in [0.2, 0.25) is 0 Å². The highest BCUT2D eigenvalue weighted by molar-refractivity contribution is 6.35. The highest BCUT2D eigenvalue weighted by Gasteiger charge is 2.13. The van der Waals surface area contributed by atoms with E-state index in [9.17, 15) is 9.59 Å². The summed E-state index contributed by atoms with van der Waals surface area (Å²) in [7, 11) is 3.13. The summed E-state index contributed by atoms with van der Waals surface area (Å²) < 4.78 is 18.1. The molecule has 2 aromatic carbocycles. The van der Waals surface area contributed by atoms with Gasteiger partial charge in [0.05, 0.1) is 27.0 Å². The van der Waals surface area contributed by atoms with Crippen molar-refractivity contribution >= 4 is 18.0 Å². The zero-order valence-corrected chi connectivity index (χ0v) is 21.3. The van der Waals surface area contributed by atoms with Crippen molar-refractivity contribution in [1.82, 2.24) is 15.3 Å². The molecule has 190 valence electrons. The van der Waals surface area contributed by atoms with Crippen molar-refractivity contribution in [3.8, 4) is 22.9 Å². The molecule has 0 aliphatic heterocycles. The molecule has 0 saturated heterocycles. The maximum Gasteiger partial charge on any atom is 0.329 e. The second-order valence-electron chi connectivity index (χ2n) is 7.98. The van der Waals surface area contributed by atoms with Crippen molar-refractivity contribution < 1.29 is 23.8 Å². The number of nitrogens with one attached hydrogen (secondary N) is 2. The van der Waals surface area contributed by atoms with Crippen molar-refractivity contribution in [3.63, 3.8) is 0 Å². The number of hydrogen-bond donors (Lipinski definition) is 2. The number of carbonyl (C=O) groups is 2. The Morgan fingerprint density at radius 3 is 2.36 bits per heavy atom. The van der Waals surface area contributed by atoms with Crippen LogP contribution in [0.2, 0.25) is 0 Å². The number of nitrogens with zero attached hydrogens (tertiary/aromatic N) is 2. The lowest BCUT2D eigenvalue weighted by atomic mass is 10.1. The van der Waals surface area contributed by atoms with Gasteiger partial charge in [0.15, 0.2) is 11.5 Å². The molecule has 9 nitrogen and oxygen atoms in total. The van der Waals surface area contributed by atoms with Crippen molar-refractivity contribution in [3.05, 3.63) is 71.0 Å². The van der Waals surface area contributed by atoms with Crippen LogP contribution in [0.4, 0.5) is 0 Å². The molecule has 2 N–H and O–H groups in total. The molecular weight excluding hydrogens is 460 g/mol. The fourth-order valence-electron chi connectivity index (χ4n) is 3.82. The molecular formula is C27H32N4O5. The van der Waals surface area contributed by atoms with Crippen LogP contribution in [-0.4, -0.2) is 50.0 Å². The van der Waals surface area contributed by atoms with E-state index in [1.54, 1.807) is 20.3 Å². The Kier molecular flexibility index (Phi) is 9.10. The minimum atomic E-state index is -0.834. The van der Waals surface area contributed by atoms with Crippen LogP contribution in [0.15, 0.2) is 53.6 Å². The Labute approximate surface area is 211 Å². The number of methoxy groups -OCH3 is 2. The molecule has 0 spiro atoms. The van der Waals surface area contributed by atoms with Crippen LogP contribution in [-0.2, 0) is 16.0 Å². The van der Waals surface area contributed by atoms with Gasteiger partial charge in [-0.15, -0.1) is 0 Å². The van der Waals surface area contributed by atoms with Crippen LogP contribution in [0.5, 0.6) is 17.2 Å². The van der Waals surface area contributed by atoms with E-state index in [0.29, 0.717) is 24.5 Å². The predicted octanol–water partition coefficient (Wildman–Crippen LogP) is 3.32. The van der Waals surface area contributed by atoms with E-state index in [2.05, 4.69) is 20.4 Å². The van der Waals surface area contributed by atoms with Crippen molar-refractivity contribution in [1.29, 1.82) is 0 Å². The minimum absolute atomic E-state index is 0.286. The van der Waals surface area contributed by atoms with E-state index >= 15 is 0 Å². The molecule has 0 saturated carbocycles. The maximum absolute atomic E-state index is 12.1. The van der Waals surface area contributed by atoms with E-state index in [4.69, 9.17) is 14.2 Å². The summed E-state index contributed by atoms with van der Waals surface area (Å²) in [6, 6.07) is 15.3. The average molecular weight is 493 g/mol. The summed E-state index contributed by atoms with van der Waals surface area (Å²) >= 11 is 0. The zero-order chi connectivity index (χ0) is 26.1. The Morgan fingerprint density at radius 2 is 1.69 bits per heavy atom. The Balaban J connectivity index is 1.54. The zero-order valence-electron chi connectivity index (χ0n) is 21.3. The van der Waals surface area contributed by atoms with E-state index in [-0.39, 0.29) is 6.54 Å². The lowest BCUT2D eigenvalue weighted by Crippen LogP contribution is -2.38. The van der Waals surface area contributed by atoms with Gasteiger partial charge in [-0.25, -0.2) is 5.43 Å². The first kappa shape index (κ1) is 26.3. The summed E-state index contributed by atoms with van der Waals surface area (Å²) in [6.07, 6.45) is 2.06. The number of hydrogen-bond acceptors (Lipinski definition) is 6. The summed E-state index contributed by atoms with van der Waals surface area (Å²) in [5.74, 6) is 0.458. The normalized spacial score (nSPS) is 10.8. The SMILES string of the molecule is CCOc1ccc(-n2c(C)cc(/C=N/NC(=O)C(=O)NCCc3ccc(OC)c(OC)c3)c2C)cc1. The molecule has 0 aliphatic carbocycles. The standard InChI is InChI=1S/C27H32N4O5/c1-6-36-23-10-8-22(9-11-23)31-18(2)15-21(19(31)3)17-29-30-27(33)26(32)28-14-13-20-7-12-24(34-4)25(16-20)35-5/h7-12,15-17H,6,13-14H2,1-5H3,(H,28,32)(H,30,33)/b29-17+. The third kappa shape index (κ3) is 6.44. The quantitative estimate of drug-likeness (QED) is 0.257. The molecule has 1 aromatic heterocycles. The molecule has 0 bridgehead atoms. The molecule has 0 aliphatic rings. The second kappa shape index (κ2) is 12.4. The number of carbonyl (C=O) groups excluding carboxylic acids is 2. The van der Waals surface area contributed by atoms with Crippen molar-refractivity contribution in [2.75, 3.05) is 27.4 Å². The van der Waals surface area contributed by atoms with Crippen molar-refractivity contribution in [2.24, 2.45) is 5.10 Å². The first-order chi connectivity index (χ1) is 17.4. The average Bonchev–Trinajstić information content (AvgIpc) is 3.17. The van der Waals surface area contributed by atoms with Gasteiger partial charge >= 0.3 is 11.8 Å². The number of benzene rings is 2. The molecule has 9 heteroatoms. The smallest absolute Gasteiger partial charge is 0.329 e. The molecule has 1 heterocycles. The predicted molar refractivity (Wildman–Crippen MR) is 138 cm³/mol. The molecule has 0 atom stereocenters. The number of aryl methyl sites for hydroxylation is 1. The van der Waals surface area contributed by atoms with Crippen LogP contribution in [0.3, 0.4) is 0 Å². The Morgan fingerprint density at radius 1 is 0.972 bits per heavy atom. The summed E-state index contributed by atoms with van der Waals surface area (Å²) in [4.78, 5) is 24.3. The van der Waals surface area contributed by atoms with Crippen molar-refractivity contribution in [2.45, 2.75) is 27.2 Å². The number of aromatic nitrogens is 1. The van der Waals surface area contributed by atoms with Gasteiger partial charge in [-0.3, -0.25) is 9.59 Å². The molecule has 0 fully saturated rings. The summed E-state index contributed by atoms with van der Waals surface area (Å²) in [6.45, 7) is 6.80. The largest absolute Gasteiger partial charge is 0.494 e. The van der Waals surface area contributed by atoms with E-state index < -0.39 is 11.8 Å². The monoisotopic (exact) mass is 492 g/mol. The minimum Gasteiger partial charge on any atom is -0.494 e. The Hall–Kier alpha value is -4.27. The first-order valence-corrected chi connectivity index (χ1v) is 11.6. The van der Waals surface area contributed by atoms with Gasteiger partial charge in [0.25, 0.3) is 0 Å². The molecule has 0 unspecified atom stereocenters. The van der Waals surface area contributed by atoms with Crippen LogP contribution in [0.1, 0.15) is 29.4 Å². The number of hydrazone groups is 1. The van der Waals surface area contributed by atoms with Crippen LogP contribution < -0.4 is 25.0 Å². The Bertz CT molecular complexity index is 1230. The third-order valence-electron chi connectivity index (χ3n) is 5.60. The van der Waals surface area contributed by atoms with Gasteiger partial charge in [-0.1, -0.05) is 6.07 Å². The fourth-order valence-corrected chi connectivity index (χ4v) is 3.82. The van der Waals surface area contributed by atoms with Gasteiger partial charge in [-0.2, -0.15) is 5.10 Å². The summed E-state index contributed by atoms with van der Waals surface area (Å²) in [5.41, 5.74) is 7.01. The van der Waals surface area contributed by atoms with Crippen LogP contribution in [0, 0.1) is 13.8 Å². The fraction of sp³-hybridized carbons (Fsp3) is 0.296. The maximum atomic E-state index is 12.1.